The van der Waals surface area contributed by atoms with E-state index < -0.39 is 0 Å². The van der Waals surface area contributed by atoms with Crippen LogP contribution in [0.4, 0.5) is 5.82 Å². The summed E-state index contributed by atoms with van der Waals surface area (Å²) < 4.78 is 0. The predicted octanol–water partition coefficient (Wildman–Crippen LogP) is 3.74. The highest BCUT2D eigenvalue weighted by Crippen LogP contribution is 2.18. The lowest BCUT2D eigenvalue weighted by Gasteiger charge is -2.13. The van der Waals surface area contributed by atoms with Crippen LogP contribution in [0, 0.1) is 5.92 Å². The summed E-state index contributed by atoms with van der Waals surface area (Å²) in [6.07, 6.45) is 0.944. The highest BCUT2D eigenvalue weighted by atomic mass is 16.1. The lowest BCUT2D eigenvalue weighted by molar-refractivity contribution is 0.0947. The number of hydrogen-bond acceptors (Lipinski definition) is 4. The van der Waals surface area contributed by atoms with E-state index in [1.54, 1.807) is 6.07 Å². The predicted molar refractivity (Wildman–Crippen MR) is 98.0 cm³/mol. The van der Waals surface area contributed by atoms with Crippen molar-refractivity contribution in [2.24, 2.45) is 5.92 Å². The molecule has 0 bridgehead atoms. The highest BCUT2D eigenvalue weighted by molar-refractivity contribution is 5.93. The van der Waals surface area contributed by atoms with Gasteiger partial charge in [-0.15, -0.1) is 0 Å². The van der Waals surface area contributed by atoms with Crippen LogP contribution in [-0.4, -0.2) is 28.5 Å². The smallest absolute Gasteiger partial charge is 0.270 e. The largest absolute Gasteiger partial charge is 0.368 e. The van der Waals surface area contributed by atoms with Crippen molar-refractivity contribution in [1.82, 2.24) is 15.3 Å². The van der Waals surface area contributed by atoms with Gasteiger partial charge in [-0.3, -0.25) is 4.79 Å². The quantitative estimate of drug-likeness (QED) is 0.813. The van der Waals surface area contributed by atoms with Crippen LogP contribution in [0.3, 0.4) is 0 Å². The van der Waals surface area contributed by atoms with Gasteiger partial charge in [-0.25, -0.2) is 9.97 Å². The van der Waals surface area contributed by atoms with Crippen molar-refractivity contribution in [3.63, 3.8) is 0 Å². The Labute approximate surface area is 143 Å². The third-order valence-electron chi connectivity index (χ3n) is 3.43. The van der Waals surface area contributed by atoms with Gasteiger partial charge >= 0.3 is 0 Å². The molecular formula is C19H26N4O. The average molecular weight is 326 g/mol. The lowest BCUT2D eigenvalue weighted by Crippen LogP contribution is -2.27. The Morgan fingerprint density at radius 2 is 1.79 bits per heavy atom. The van der Waals surface area contributed by atoms with E-state index in [9.17, 15) is 4.79 Å². The molecule has 5 nitrogen and oxygen atoms in total. The zero-order valence-corrected chi connectivity index (χ0v) is 14.8. The second-order valence-corrected chi connectivity index (χ2v) is 6.57. The second kappa shape index (κ2) is 8.43. The summed E-state index contributed by atoms with van der Waals surface area (Å²) in [6, 6.07) is 11.6. The first-order valence-electron chi connectivity index (χ1n) is 8.45. The molecule has 1 amide bonds. The molecule has 0 aliphatic rings. The van der Waals surface area contributed by atoms with E-state index in [1.165, 1.54) is 0 Å². The third kappa shape index (κ3) is 5.33. The molecule has 5 heteroatoms. The van der Waals surface area contributed by atoms with Crippen molar-refractivity contribution in [2.75, 3.05) is 11.9 Å². The number of rotatable bonds is 7. The number of nitrogens with one attached hydrogen (secondary N) is 2. The Bertz CT molecular complexity index is 668. The Balaban J connectivity index is 2.27. The van der Waals surface area contributed by atoms with Gasteiger partial charge in [0.1, 0.15) is 11.5 Å². The maximum Gasteiger partial charge on any atom is 0.270 e. The normalized spacial score (nSPS) is 10.9. The van der Waals surface area contributed by atoms with Crippen LogP contribution in [0.5, 0.6) is 0 Å². The van der Waals surface area contributed by atoms with Crippen LogP contribution in [0.15, 0.2) is 36.4 Å². The summed E-state index contributed by atoms with van der Waals surface area (Å²) in [5.74, 6) is 1.60. The number of hydrogen-bond donors (Lipinski definition) is 2. The molecule has 2 N–H and O–H groups in total. The molecule has 0 spiro atoms. The molecule has 0 saturated heterocycles. The van der Waals surface area contributed by atoms with Crippen molar-refractivity contribution < 1.29 is 4.79 Å². The monoisotopic (exact) mass is 326 g/mol. The van der Waals surface area contributed by atoms with E-state index in [4.69, 9.17) is 0 Å². The summed E-state index contributed by atoms with van der Waals surface area (Å²) in [5, 5.41) is 6.19. The zero-order valence-electron chi connectivity index (χ0n) is 14.8. The number of amides is 1. The van der Waals surface area contributed by atoms with Crippen molar-refractivity contribution in [3.8, 4) is 11.4 Å². The van der Waals surface area contributed by atoms with Crippen LogP contribution >= 0.6 is 0 Å². The van der Waals surface area contributed by atoms with Crippen molar-refractivity contribution in [1.29, 1.82) is 0 Å². The molecule has 0 atom stereocenters. The molecule has 2 rings (SSSR count). The summed E-state index contributed by atoms with van der Waals surface area (Å²) in [7, 11) is 0. The number of anilines is 1. The maximum absolute atomic E-state index is 12.4. The number of nitrogens with zero attached hydrogens (tertiary/aromatic N) is 2. The van der Waals surface area contributed by atoms with Gasteiger partial charge < -0.3 is 10.6 Å². The molecule has 0 unspecified atom stereocenters. The molecule has 0 aliphatic heterocycles. The van der Waals surface area contributed by atoms with Crippen LogP contribution < -0.4 is 10.6 Å². The van der Waals surface area contributed by atoms with E-state index in [0.29, 0.717) is 29.8 Å². The molecule has 0 radical (unpaired) electrons. The fourth-order valence-electron chi connectivity index (χ4n) is 2.21. The van der Waals surface area contributed by atoms with Gasteiger partial charge in [-0.05, 0) is 26.2 Å². The number of benzene rings is 1. The minimum absolute atomic E-state index is 0.165. The molecule has 128 valence electrons. The first kappa shape index (κ1) is 17.9. The van der Waals surface area contributed by atoms with Gasteiger partial charge in [0, 0.05) is 24.2 Å². The average Bonchev–Trinajstić information content (AvgIpc) is 2.54. The van der Waals surface area contributed by atoms with Crippen molar-refractivity contribution >= 4 is 11.7 Å². The molecule has 1 heterocycles. The Morgan fingerprint density at radius 1 is 1.08 bits per heavy atom. The minimum Gasteiger partial charge on any atom is -0.368 e. The molecular weight excluding hydrogens is 300 g/mol. The lowest BCUT2D eigenvalue weighted by atomic mass is 10.1. The zero-order chi connectivity index (χ0) is 17.5. The fraction of sp³-hybridized carbons (Fsp3) is 0.421. The Kier molecular flexibility index (Phi) is 6.29. The van der Waals surface area contributed by atoms with E-state index in [0.717, 1.165) is 12.0 Å². The summed E-state index contributed by atoms with van der Waals surface area (Å²) in [4.78, 5) is 21.4. The van der Waals surface area contributed by atoms with Gasteiger partial charge in [-0.2, -0.15) is 0 Å². The molecule has 0 aliphatic carbocycles. The second-order valence-electron chi connectivity index (χ2n) is 6.57. The molecule has 1 aromatic carbocycles. The first-order chi connectivity index (χ1) is 11.5. The number of carbonyl (C=O) groups is 1. The maximum atomic E-state index is 12.4. The topological polar surface area (TPSA) is 66.9 Å². The molecule has 2 aromatic rings. The Hall–Kier alpha value is -2.43. The number of aromatic nitrogens is 2. The van der Waals surface area contributed by atoms with E-state index >= 15 is 0 Å². The van der Waals surface area contributed by atoms with Gasteiger partial charge in [0.25, 0.3) is 5.91 Å². The highest BCUT2D eigenvalue weighted by Gasteiger charge is 2.13. The molecule has 0 fully saturated rings. The molecule has 0 saturated carbocycles. The minimum atomic E-state index is -0.165. The summed E-state index contributed by atoms with van der Waals surface area (Å²) in [5.41, 5.74) is 1.27. The first-order valence-corrected chi connectivity index (χ1v) is 8.45. The summed E-state index contributed by atoms with van der Waals surface area (Å²) in [6.45, 7) is 8.98. The van der Waals surface area contributed by atoms with Crippen LogP contribution in [0.25, 0.3) is 11.4 Å². The van der Waals surface area contributed by atoms with Crippen LogP contribution in [0.2, 0.25) is 0 Å². The molecule has 24 heavy (non-hydrogen) atoms. The van der Waals surface area contributed by atoms with Crippen LogP contribution in [-0.2, 0) is 0 Å². The van der Waals surface area contributed by atoms with Gasteiger partial charge in [0.05, 0.1) is 0 Å². The van der Waals surface area contributed by atoms with Gasteiger partial charge in [0.2, 0.25) is 0 Å². The molecule has 1 aromatic heterocycles. The van der Waals surface area contributed by atoms with E-state index in [2.05, 4.69) is 34.4 Å². The summed E-state index contributed by atoms with van der Waals surface area (Å²) >= 11 is 0. The van der Waals surface area contributed by atoms with Crippen molar-refractivity contribution in [2.45, 2.75) is 40.2 Å². The number of carbonyl (C=O) groups excluding carboxylic acids is 1. The SMILES string of the molecule is CC(C)CCNC(=O)c1cc(NC(C)C)nc(-c2ccccc2)n1. The Morgan fingerprint density at radius 3 is 2.42 bits per heavy atom. The van der Waals surface area contributed by atoms with Crippen molar-refractivity contribution in [3.05, 3.63) is 42.1 Å². The standard InChI is InChI=1S/C19H26N4O/c1-13(2)10-11-20-19(24)16-12-17(21-14(3)4)23-18(22-16)15-8-6-5-7-9-15/h5-9,12-14H,10-11H2,1-4H3,(H,20,24)(H,21,22,23). The third-order valence-corrected chi connectivity index (χ3v) is 3.43. The van der Waals surface area contributed by atoms with E-state index in [-0.39, 0.29) is 11.9 Å². The van der Waals surface area contributed by atoms with E-state index in [1.807, 2.05) is 44.2 Å². The van der Waals surface area contributed by atoms with Gasteiger partial charge in [-0.1, -0.05) is 44.2 Å². The fourth-order valence-corrected chi connectivity index (χ4v) is 2.21. The van der Waals surface area contributed by atoms with Gasteiger partial charge in [0.15, 0.2) is 5.82 Å². The van der Waals surface area contributed by atoms with Crippen LogP contribution in [0.1, 0.15) is 44.6 Å².